The molecule has 98 valence electrons. The second-order valence-corrected chi connectivity index (χ2v) is 3.72. The Labute approximate surface area is 112 Å². The molecule has 1 aromatic rings. The number of aliphatic hydroxyl groups excluding tert-OH is 1. The zero-order valence-electron chi connectivity index (χ0n) is 9.71. The molecule has 0 amide bonds. The minimum absolute atomic E-state index is 0. The van der Waals surface area contributed by atoms with Crippen LogP contribution in [-0.2, 0) is 4.28 Å². The molecule has 17 heavy (non-hydrogen) atoms. The molecule has 0 atom stereocenters. The van der Waals surface area contributed by atoms with Gasteiger partial charge in [0.25, 0.3) is 0 Å². The summed E-state index contributed by atoms with van der Waals surface area (Å²) in [6.45, 7) is 0.419. The van der Waals surface area contributed by atoms with Crippen molar-refractivity contribution < 1.29 is 14.1 Å². The van der Waals surface area contributed by atoms with Gasteiger partial charge in [0, 0.05) is 19.7 Å². The van der Waals surface area contributed by atoms with Gasteiger partial charge in [-0.25, -0.2) is 4.28 Å². The molecular formula is C9H17N3O3S2. The molecule has 2 N–H and O–H groups in total. The summed E-state index contributed by atoms with van der Waals surface area (Å²) in [6, 6.07) is 1.84. The molecule has 0 aliphatic carbocycles. The first-order valence-electron chi connectivity index (χ1n) is 4.68. The number of aromatic nitrogens is 1. The van der Waals surface area contributed by atoms with Crippen LogP contribution in [0.5, 0.6) is 5.75 Å². The summed E-state index contributed by atoms with van der Waals surface area (Å²) in [6.07, 6.45) is 3.33. The lowest BCUT2D eigenvalue weighted by molar-refractivity contribution is 0.191. The standard InChI is InChI=1S/C9H15N3O3S.H2S/c1-12(16-15-11-3-4-13)8-5-9(14-2)7-10-6-8;/h5-7,11,13H,3-4H2,1-2H3;1H2. The Morgan fingerprint density at radius 2 is 2.29 bits per heavy atom. The lowest BCUT2D eigenvalue weighted by atomic mass is 10.4. The Morgan fingerprint density at radius 1 is 1.53 bits per heavy atom. The average Bonchev–Trinajstić information content (AvgIpc) is 2.34. The number of pyridine rings is 1. The van der Waals surface area contributed by atoms with Crippen molar-refractivity contribution in [1.82, 2.24) is 10.5 Å². The van der Waals surface area contributed by atoms with E-state index < -0.39 is 0 Å². The number of methoxy groups -OCH3 is 1. The minimum atomic E-state index is 0. The molecule has 0 radical (unpaired) electrons. The Kier molecular flexibility index (Phi) is 9.00. The molecule has 0 unspecified atom stereocenters. The second-order valence-electron chi connectivity index (χ2n) is 2.86. The lowest BCUT2D eigenvalue weighted by Gasteiger charge is -2.16. The van der Waals surface area contributed by atoms with Gasteiger partial charge in [-0.1, -0.05) is 0 Å². The summed E-state index contributed by atoms with van der Waals surface area (Å²) < 4.78 is 11.9. The largest absolute Gasteiger partial charge is 0.495 e. The van der Waals surface area contributed by atoms with E-state index >= 15 is 0 Å². The molecular weight excluding hydrogens is 262 g/mol. The summed E-state index contributed by atoms with van der Waals surface area (Å²) in [4.78, 5) is 4.02. The van der Waals surface area contributed by atoms with Crippen LogP contribution in [0.2, 0.25) is 0 Å². The van der Waals surface area contributed by atoms with Crippen LogP contribution in [-0.4, -0.2) is 37.4 Å². The molecule has 0 bridgehead atoms. The number of anilines is 1. The molecule has 0 aliphatic heterocycles. The van der Waals surface area contributed by atoms with Gasteiger partial charge >= 0.3 is 0 Å². The summed E-state index contributed by atoms with van der Waals surface area (Å²) in [5, 5.41) is 8.52. The van der Waals surface area contributed by atoms with Gasteiger partial charge in [-0.05, 0) is 0 Å². The number of nitrogens with zero attached hydrogens (tertiary/aromatic N) is 2. The van der Waals surface area contributed by atoms with Crippen LogP contribution in [0.4, 0.5) is 5.69 Å². The van der Waals surface area contributed by atoms with Crippen molar-refractivity contribution in [2.75, 3.05) is 31.6 Å². The van der Waals surface area contributed by atoms with Crippen LogP contribution in [0, 0.1) is 0 Å². The van der Waals surface area contributed by atoms with Gasteiger partial charge < -0.3 is 9.84 Å². The summed E-state index contributed by atoms with van der Waals surface area (Å²) in [5.74, 6) is 0.688. The number of rotatable bonds is 7. The normalized spacial score (nSPS) is 9.59. The Bertz CT molecular complexity index is 317. The van der Waals surface area contributed by atoms with E-state index in [9.17, 15) is 0 Å². The Morgan fingerprint density at radius 3 is 2.94 bits per heavy atom. The van der Waals surface area contributed by atoms with Crippen molar-refractivity contribution >= 4 is 31.4 Å². The fourth-order valence-corrected chi connectivity index (χ4v) is 1.34. The Hall–Kier alpha value is -0.670. The molecule has 0 saturated heterocycles. The first kappa shape index (κ1) is 16.3. The predicted molar refractivity (Wildman–Crippen MR) is 73.3 cm³/mol. The highest BCUT2D eigenvalue weighted by atomic mass is 32.2. The average molecular weight is 279 g/mol. The minimum Gasteiger partial charge on any atom is -0.495 e. The van der Waals surface area contributed by atoms with Gasteiger partial charge in [0.15, 0.2) is 0 Å². The molecule has 1 aromatic heterocycles. The summed E-state index contributed by atoms with van der Waals surface area (Å²) in [7, 11) is 3.43. The quantitative estimate of drug-likeness (QED) is 0.330. The van der Waals surface area contributed by atoms with Crippen molar-refractivity contribution in [3.63, 3.8) is 0 Å². The lowest BCUT2D eigenvalue weighted by Crippen LogP contribution is -2.18. The number of aliphatic hydroxyl groups is 1. The van der Waals surface area contributed by atoms with Crippen molar-refractivity contribution in [3.8, 4) is 5.75 Å². The molecule has 1 heterocycles. The second kappa shape index (κ2) is 9.37. The zero-order chi connectivity index (χ0) is 11.8. The highest BCUT2D eigenvalue weighted by Crippen LogP contribution is 2.23. The van der Waals surface area contributed by atoms with E-state index in [-0.39, 0.29) is 20.1 Å². The number of nitrogens with one attached hydrogen (secondary N) is 1. The highest BCUT2D eigenvalue weighted by Gasteiger charge is 2.04. The van der Waals surface area contributed by atoms with E-state index in [0.717, 1.165) is 17.9 Å². The molecule has 0 aliphatic rings. The van der Waals surface area contributed by atoms with Crippen LogP contribution >= 0.6 is 25.7 Å². The molecule has 1 rings (SSSR count). The van der Waals surface area contributed by atoms with Crippen LogP contribution in [0.3, 0.4) is 0 Å². The Balaban J connectivity index is 0.00000256. The van der Waals surface area contributed by atoms with E-state index in [0.29, 0.717) is 12.3 Å². The topological polar surface area (TPSA) is 66.9 Å². The number of hydrogen-bond acceptors (Lipinski definition) is 7. The number of hydrogen-bond donors (Lipinski definition) is 2. The van der Waals surface area contributed by atoms with Crippen molar-refractivity contribution in [1.29, 1.82) is 0 Å². The molecule has 6 nitrogen and oxygen atoms in total. The van der Waals surface area contributed by atoms with Gasteiger partial charge in [-0.15, -0.1) is 0 Å². The fraction of sp³-hybridized carbons (Fsp3) is 0.444. The molecule has 0 fully saturated rings. The van der Waals surface area contributed by atoms with Gasteiger partial charge in [-0.3, -0.25) is 9.29 Å². The molecule has 8 heteroatoms. The third-order valence-corrected chi connectivity index (χ3v) is 2.35. The van der Waals surface area contributed by atoms with Gasteiger partial charge in [-0.2, -0.15) is 19.0 Å². The highest BCUT2D eigenvalue weighted by molar-refractivity contribution is 7.96. The van der Waals surface area contributed by atoms with Gasteiger partial charge in [0.1, 0.15) is 18.0 Å². The monoisotopic (exact) mass is 279 g/mol. The summed E-state index contributed by atoms with van der Waals surface area (Å²) in [5.41, 5.74) is 3.44. The van der Waals surface area contributed by atoms with E-state index in [1.165, 1.54) is 0 Å². The fourth-order valence-electron chi connectivity index (χ4n) is 0.904. The predicted octanol–water partition coefficient (Wildman–Crippen LogP) is 0.716. The first-order chi connectivity index (χ1) is 7.77. The van der Waals surface area contributed by atoms with Crippen molar-refractivity contribution in [2.45, 2.75) is 0 Å². The molecule has 0 saturated carbocycles. The molecule has 0 spiro atoms. The van der Waals surface area contributed by atoms with Crippen LogP contribution in [0.25, 0.3) is 0 Å². The van der Waals surface area contributed by atoms with E-state index in [1.54, 1.807) is 23.8 Å². The van der Waals surface area contributed by atoms with E-state index in [1.807, 2.05) is 13.1 Å². The first-order valence-corrected chi connectivity index (χ1v) is 5.38. The van der Waals surface area contributed by atoms with Crippen molar-refractivity contribution in [2.24, 2.45) is 0 Å². The van der Waals surface area contributed by atoms with Gasteiger partial charge in [0.05, 0.1) is 31.8 Å². The third kappa shape index (κ3) is 5.99. The number of ether oxygens (including phenoxy) is 1. The summed E-state index contributed by atoms with van der Waals surface area (Å²) >= 11 is 1.10. The van der Waals surface area contributed by atoms with E-state index in [4.69, 9.17) is 14.1 Å². The van der Waals surface area contributed by atoms with Crippen LogP contribution in [0.15, 0.2) is 18.5 Å². The number of hydroxylamine groups is 1. The maximum absolute atomic E-state index is 8.52. The van der Waals surface area contributed by atoms with Crippen LogP contribution in [0.1, 0.15) is 0 Å². The smallest absolute Gasteiger partial charge is 0.139 e. The van der Waals surface area contributed by atoms with E-state index in [2.05, 4.69) is 10.5 Å². The molecule has 0 aromatic carbocycles. The van der Waals surface area contributed by atoms with Crippen molar-refractivity contribution in [3.05, 3.63) is 18.5 Å². The maximum atomic E-state index is 8.52. The third-order valence-electron chi connectivity index (χ3n) is 1.72. The zero-order valence-corrected chi connectivity index (χ0v) is 11.5. The van der Waals surface area contributed by atoms with Crippen LogP contribution < -0.4 is 14.5 Å². The SMILES string of the molecule is COc1cncc(N(C)SONCCO)c1.S. The maximum Gasteiger partial charge on any atom is 0.139 e. The van der Waals surface area contributed by atoms with Gasteiger partial charge in [0.2, 0.25) is 0 Å².